The molecular weight excluding hydrogens is 238 g/mol. The van der Waals surface area contributed by atoms with E-state index >= 15 is 0 Å². The molecule has 2 fully saturated rings. The number of hydrogen-bond acceptors (Lipinski definition) is 3. The molecule has 0 amide bonds. The summed E-state index contributed by atoms with van der Waals surface area (Å²) >= 11 is 0. The molecule has 0 spiro atoms. The fourth-order valence-corrected chi connectivity index (χ4v) is 3.86. The number of H-pyrrole nitrogens is 1. The second-order valence-corrected chi connectivity index (χ2v) is 6.01. The summed E-state index contributed by atoms with van der Waals surface area (Å²) in [5, 5.41) is 18.4. The van der Waals surface area contributed by atoms with E-state index in [1.807, 2.05) is 6.20 Å². The Bertz CT molecular complexity index is 594. The maximum Gasteiger partial charge on any atom is 0.0695 e. The van der Waals surface area contributed by atoms with Crippen molar-refractivity contribution < 1.29 is 5.11 Å². The van der Waals surface area contributed by atoms with Gasteiger partial charge < -0.3 is 5.11 Å². The van der Waals surface area contributed by atoms with Gasteiger partial charge in [-0.05, 0) is 24.3 Å². The highest BCUT2D eigenvalue weighted by molar-refractivity contribution is 5.81. The molecule has 0 bridgehead atoms. The van der Waals surface area contributed by atoms with Crippen LogP contribution in [0.3, 0.4) is 0 Å². The summed E-state index contributed by atoms with van der Waals surface area (Å²) in [5.74, 6) is 1.21. The zero-order valence-corrected chi connectivity index (χ0v) is 10.9. The molecule has 3 atom stereocenters. The van der Waals surface area contributed by atoms with Crippen LogP contribution in [0.25, 0.3) is 10.9 Å². The Labute approximate surface area is 112 Å². The molecule has 1 aromatic carbocycles. The smallest absolute Gasteiger partial charge is 0.0695 e. The molecule has 0 radical (unpaired) electrons. The average Bonchev–Trinajstić information content (AvgIpc) is 3.08. The van der Waals surface area contributed by atoms with Crippen molar-refractivity contribution in [1.82, 2.24) is 15.1 Å². The number of benzene rings is 1. The number of aromatic amines is 1. The van der Waals surface area contributed by atoms with Gasteiger partial charge in [-0.15, -0.1) is 0 Å². The third kappa shape index (κ3) is 1.86. The fraction of sp³-hybridized carbons (Fsp3) is 0.533. The summed E-state index contributed by atoms with van der Waals surface area (Å²) in [5.41, 5.74) is 2.46. The van der Waals surface area contributed by atoms with E-state index in [4.69, 9.17) is 0 Å². The first-order valence-electron chi connectivity index (χ1n) is 7.12. The van der Waals surface area contributed by atoms with Gasteiger partial charge in [0.15, 0.2) is 0 Å². The molecule has 2 aliphatic rings. The Morgan fingerprint density at radius 3 is 3.16 bits per heavy atom. The van der Waals surface area contributed by atoms with E-state index in [9.17, 15) is 5.11 Å². The quantitative estimate of drug-likeness (QED) is 0.862. The Hall–Kier alpha value is -1.39. The number of nitrogens with zero attached hydrogens (tertiary/aromatic N) is 2. The average molecular weight is 257 g/mol. The number of rotatable bonds is 2. The van der Waals surface area contributed by atoms with Gasteiger partial charge in [-0.1, -0.05) is 18.2 Å². The predicted octanol–water partition coefficient (Wildman–Crippen LogP) is 1.77. The highest BCUT2D eigenvalue weighted by atomic mass is 16.3. The summed E-state index contributed by atoms with van der Waals surface area (Å²) in [6.45, 7) is 3.13. The van der Waals surface area contributed by atoms with E-state index in [1.165, 1.54) is 17.4 Å². The van der Waals surface area contributed by atoms with Gasteiger partial charge in [0.05, 0.1) is 17.8 Å². The summed E-state index contributed by atoms with van der Waals surface area (Å²) < 4.78 is 0. The monoisotopic (exact) mass is 257 g/mol. The van der Waals surface area contributed by atoms with Crippen molar-refractivity contribution in [3.05, 3.63) is 30.0 Å². The van der Waals surface area contributed by atoms with Gasteiger partial charge in [0.25, 0.3) is 0 Å². The van der Waals surface area contributed by atoms with Crippen LogP contribution in [0, 0.1) is 11.8 Å². The van der Waals surface area contributed by atoms with Crippen molar-refractivity contribution in [1.29, 1.82) is 0 Å². The largest absolute Gasteiger partial charge is 0.393 e. The van der Waals surface area contributed by atoms with Crippen LogP contribution < -0.4 is 0 Å². The molecular formula is C15H19N3O. The lowest BCUT2D eigenvalue weighted by atomic mass is 10.00. The molecule has 2 N–H and O–H groups in total. The normalized spacial score (nSPS) is 31.1. The summed E-state index contributed by atoms with van der Waals surface area (Å²) in [6.07, 6.45) is 4.00. The lowest BCUT2D eigenvalue weighted by Crippen LogP contribution is -2.24. The van der Waals surface area contributed by atoms with Gasteiger partial charge in [-0.2, -0.15) is 5.10 Å². The number of aliphatic hydroxyl groups excluding tert-OH is 1. The molecule has 2 heterocycles. The van der Waals surface area contributed by atoms with Crippen LogP contribution in [-0.2, 0) is 6.54 Å². The van der Waals surface area contributed by atoms with Crippen molar-refractivity contribution >= 4 is 10.9 Å². The minimum Gasteiger partial charge on any atom is -0.393 e. The van der Waals surface area contributed by atoms with E-state index in [0.717, 1.165) is 31.6 Å². The lowest BCUT2D eigenvalue weighted by Gasteiger charge is -2.18. The van der Waals surface area contributed by atoms with Gasteiger partial charge in [0, 0.05) is 30.9 Å². The molecule has 4 heteroatoms. The first-order valence-corrected chi connectivity index (χ1v) is 7.12. The highest BCUT2D eigenvalue weighted by Crippen LogP contribution is 2.38. The number of fused-ring (bicyclic) bond motifs is 2. The third-order valence-electron chi connectivity index (χ3n) is 4.85. The third-order valence-corrected chi connectivity index (χ3v) is 4.85. The number of aliphatic hydroxyl groups is 1. The molecule has 1 aromatic heterocycles. The molecule has 4 rings (SSSR count). The van der Waals surface area contributed by atoms with Crippen LogP contribution in [0.1, 0.15) is 18.4 Å². The Morgan fingerprint density at radius 2 is 2.26 bits per heavy atom. The number of likely N-dealkylation sites (tertiary alicyclic amines) is 1. The van der Waals surface area contributed by atoms with Crippen LogP contribution in [0.5, 0.6) is 0 Å². The van der Waals surface area contributed by atoms with Crippen LogP contribution >= 0.6 is 0 Å². The zero-order chi connectivity index (χ0) is 12.8. The number of aromatic nitrogens is 2. The standard InChI is InChI=1S/C15H19N3O/c19-14-5-4-11-7-18(9-13(11)14)8-12-3-1-2-10-6-16-17-15(10)12/h1-3,6,11,13-14,19H,4-5,7-9H2,(H,16,17)/t11-,13+,14-/m1/s1. The van der Waals surface area contributed by atoms with Crippen molar-refractivity contribution in [3.8, 4) is 0 Å². The summed E-state index contributed by atoms with van der Waals surface area (Å²) in [6, 6.07) is 6.36. The van der Waals surface area contributed by atoms with Gasteiger partial charge in [-0.25, -0.2) is 0 Å². The van der Waals surface area contributed by atoms with Crippen LogP contribution in [0.4, 0.5) is 0 Å². The maximum absolute atomic E-state index is 9.98. The van der Waals surface area contributed by atoms with E-state index < -0.39 is 0 Å². The molecule has 100 valence electrons. The minimum atomic E-state index is -0.0713. The second kappa shape index (κ2) is 4.32. The molecule has 4 nitrogen and oxygen atoms in total. The van der Waals surface area contributed by atoms with E-state index in [1.54, 1.807) is 0 Å². The molecule has 2 aromatic rings. The van der Waals surface area contributed by atoms with Crippen molar-refractivity contribution in [2.75, 3.05) is 13.1 Å². The van der Waals surface area contributed by atoms with Crippen LogP contribution in [0.15, 0.2) is 24.4 Å². The fourth-order valence-electron chi connectivity index (χ4n) is 3.86. The predicted molar refractivity (Wildman–Crippen MR) is 73.6 cm³/mol. The van der Waals surface area contributed by atoms with Gasteiger partial charge in [0.2, 0.25) is 0 Å². The van der Waals surface area contributed by atoms with E-state index in [0.29, 0.717) is 11.8 Å². The Morgan fingerprint density at radius 1 is 1.32 bits per heavy atom. The van der Waals surface area contributed by atoms with Crippen LogP contribution in [0.2, 0.25) is 0 Å². The van der Waals surface area contributed by atoms with Gasteiger partial charge in [0.1, 0.15) is 0 Å². The summed E-state index contributed by atoms with van der Waals surface area (Å²) in [7, 11) is 0. The number of hydrogen-bond donors (Lipinski definition) is 2. The number of para-hydroxylation sites is 1. The lowest BCUT2D eigenvalue weighted by molar-refractivity contribution is 0.123. The van der Waals surface area contributed by atoms with Crippen molar-refractivity contribution in [2.45, 2.75) is 25.5 Å². The van der Waals surface area contributed by atoms with E-state index in [2.05, 4.69) is 33.3 Å². The summed E-state index contributed by atoms with van der Waals surface area (Å²) in [4.78, 5) is 2.48. The Kier molecular flexibility index (Phi) is 2.60. The topological polar surface area (TPSA) is 52.1 Å². The molecule has 1 saturated carbocycles. The first-order chi connectivity index (χ1) is 9.31. The highest BCUT2D eigenvalue weighted by Gasteiger charge is 2.41. The Balaban J connectivity index is 1.55. The minimum absolute atomic E-state index is 0.0713. The maximum atomic E-state index is 9.98. The van der Waals surface area contributed by atoms with E-state index in [-0.39, 0.29) is 6.10 Å². The SMILES string of the molecule is O[C@@H]1CC[C@@H]2CN(Cc3cccc4cn[nH]c34)C[C@@H]21. The van der Waals surface area contributed by atoms with Gasteiger partial charge in [-0.3, -0.25) is 10.00 Å². The molecule has 19 heavy (non-hydrogen) atoms. The van der Waals surface area contributed by atoms with Crippen LogP contribution in [-0.4, -0.2) is 39.4 Å². The molecule has 0 unspecified atom stereocenters. The van der Waals surface area contributed by atoms with Crippen molar-refractivity contribution in [2.24, 2.45) is 11.8 Å². The zero-order valence-electron chi connectivity index (χ0n) is 10.9. The van der Waals surface area contributed by atoms with Crippen molar-refractivity contribution in [3.63, 3.8) is 0 Å². The second-order valence-electron chi connectivity index (χ2n) is 6.01. The number of nitrogens with one attached hydrogen (secondary N) is 1. The van der Waals surface area contributed by atoms with Gasteiger partial charge >= 0.3 is 0 Å². The molecule has 1 saturated heterocycles. The molecule has 1 aliphatic carbocycles. The first kappa shape index (κ1) is 11.4. The molecule has 1 aliphatic heterocycles.